The van der Waals surface area contributed by atoms with Gasteiger partial charge in [0, 0.05) is 38.8 Å². The van der Waals surface area contributed by atoms with Gasteiger partial charge in [0.1, 0.15) is 0 Å². The number of carbonyl (C=O) groups is 3. The first-order valence-electron chi connectivity index (χ1n) is 10.2. The second-order valence-electron chi connectivity index (χ2n) is 7.74. The van der Waals surface area contributed by atoms with Crippen LogP contribution in [-0.2, 0) is 9.59 Å². The van der Waals surface area contributed by atoms with E-state index in [2.05, 4.69) is 9.98 Å². The van der Waals surface area contributed by atoms with Crippen molar-refractivity contribution in [1.29, 1.82) is 0 Å². The first-order chi connectivity index (χ1) is 14.8. The number of nitrogens with zero attached hydrogens (tertiary/aromatic N) is 3. The van der Waals surface area contributed by atoms with Crippen molar-refractivity contribution in [1.82, 2.24) is 9.88 Å². The lowest BCUT2D eigenvalue weighted by Crippen LogP contribution is -2.40. The Hall–Kier alpha value is -2.85. The van der Waals surface area contributed by atoms with Crippen LogP contribution >= 0.6 is 11.3 Å². The monoisotopic (exact) mass is 445 g/mol. The number of fused-ring (bicyclic) bond motifs is 1. The molecule has 1 aromatic carbocycles. The van der Waals surface area contributed by atoms with Crippen LogP contribution in [0.4, 0.5) is 0 Å². The molecule has 0 radical (unpaired) electrons. The molecule has 2 aromatic rings. The summed E-state index contributed by atoms with van der Waals surface area (Å²) in [5.41, 5.74) is 11.5. The molecule has 166 valence electrons. The second-order valence-corrected chi connectivity index (χ2v) is 8.77. The molecule has 1 amide bonds. The third-order valence-corrected chi connectivity index (χ3v) is 6.43. The Morgan fingerprint density at radius 1 is 1.32 bits per heavy atom. The fourth-order valence-corrected chi connectivity index (χ4v) is 4.85. The minimum absolute atomic E-state index is 0.0258. The number of benzene rings is 1. The smallest absolute Gasteiger partial charge is 0.220 e. The number of amides is 1. The molecule has 0 bridgehead atoms. The molecule has 1 aliphatic heterocycles. The third-order valence-electron chi connectivity index (χ3n) is 5.38. The van der Waals surface area contributed by atoms with E-state index >= 15 is 0 Å². The number of Topliss-reactive ketones (excluding diaryl/α,β-unsaturated/α-hetero) is 2. The molecule has 9 nitrogen and oxygen atoms in total. The average molecular weight is 446 g/mol. The Bertz CT molecular complexity index is 968. The zero-order valence-corrected chi connectivity index (χ0v) is 18.2. The van der Waals surface area contributed by atoms with Crippen LogP contribution in [0.1, 0.15) is 42.4 Å². The first kappa shape index (κ1) is 22.8. The van der Waals surface area contributed by atoms with Gasteiger partial charge in [-0.3, -0.25) is 19.4 Å². The Morgan fingerprint density at radius 2 is 2.06 bits per heavy atom. The standard InChI is InChI=1S/C21H27N5O4S/c1-12(27)26-11-14(28)10-16(26)17(29)9-13(5-4-8-24-21(22)23)19(30)20-25-15-6-2-3-7-18(15)31-20/h2-3,6-7,13-14,16,28H,4-5,8-11H2,1H3,(H4,22,23,24)/t13-,14-,16+/m1/s1. The molecule has 3 atom stereocenters. The SMILES string of the molecule is CC(=O)N1C[C@H](O)C[C@H]1C(=O)C[C@@H](CCCN=C(N)N)C(=O)c1nc2ccccc2s1. The van der Waals surface area contributed by atoms with Gasteiger partial charge in [-0.25, -0.2) is 4.98 Å². The molecular formula is C21H27N5O4S. The lowest BCUT2D eigenvalue weighted by atomic mass is 9.90. The molecule has 0 spiro atoms. The summed E-state index contributed by atoms with van der Waals surface area (Å²) in [7, 11) is 0. The summed E-state index contributed by atoms with van der Waals surface area (Å²) in [5, 5.41) is 10.3. The highest BCUT2D eigenvalue weighted by Gasteiger charge is 2.39. The minimum Gasteiger partial charge on any atom is -0.391 e. The van der Waals surface area contributed by atoms with E-state index in [0.717, 1.165) is 10.2 Å². The van der Waals surface area contributed by atoms with Gasteiger partial charge < -0.3 is 21.5 Å². The molecule has 31 heavy (non-hydrogen) atoms. The van der Waals surface area contributed by atoms with Crippen LogP contribution in [0, 0.1) is 5.92 Å². The van der Waals surface area contributed by atoms with Crippen molar-refractivity contribution < 1.29 is 19.5 Å². The molecule has 0 unspecified atom stereocenters. The van der Waals surface area contributed by atoms with E-state index in [1.54, 1.807) is 0 Å². The number of hydrogen-bond donors (Lipinski definition) is 3. The van der Waals surface area contributed by atoms with Crippen molar-refractivity contribution in [3.63, 3.8) is 0 Å². The molecule has 0 aliphatic carbocycles. The van der Waals surface area contributed by atoms with Crippen LogP contribution in [0.5, 0.6) is 0 Å². The zero-order chi connectivity index (χ0) is 22.5. The molecule has 1 aliphatic rings. The molecule has 1 aromatic heterocycles. The number of likely N-dealkylation sites (tertiary alicyclic amines) is 1. The van der Waals surface area contributed by atoms with Crippen LogP contribution in [0.3, 0.4) is 0 Å². The number of aliphatic hydroxyl groups excluding tert-OH is 1. The van der Waals surface area contributed by atoms with Crippen LogP contribution < -0.4 is 11.5 Å². The van der Waals surface area contributed by atoms with E-state index in [4.69, 9.17) is 11.5 Å². The quantitative estimate of drug-likeness (QED) is 0.226. The summed E-state index contributed by atoms with van der Waals surface area (Å²) in [4.78, 5) is 47.9. The molecule has 1 saturated heterocycles. The van der Waals surface area contributed by atoms with E-state index in [-0.39, 0.29) is 42.8 Å². The number of nitrogens with two attached hydrogens (primary N) is 2. The Labute approximate surface area is 184 Å². The summed E-state index contributed by atoms with van der Waals surface area (Å²) >= 11 is 1.30. The van der Waals surface area contributed by atoms with Gasteiger partial charge in [0.05, 0.1) is 22.4 Å². The highest BCUT2D eigenvalue weighted by Crippen LogP contribution is 2.28. The molecule has 3 rings (SSSR count). The summed E-state index contributed by atoms with van der Waals surface area (Å²) in [5.74, 6) is -1.33. The van der Waals surface area contributed by atoms with E-state index in [1.165, 1.54) is 23.2 Å². The van der Waals surface area contributed by atoms with Crippen molar-refractivity contribution in [2.45, 2.75) is 44.8 Å². The second kappa shape index (κ2) is 9.97. The Balaban J connectivity index is 1.78. The number of hydrogen-bond acceptors (Lipinski definition) is 7. The summed E-state index contributed by atoms with van der Waals surface area (Å²) in [6.45, 7) is 1.85. The first-order valence-corrected chi connectivity index (χ1v) is 11.0. The molecule has 10 heteroatoms. The van der Waals surface area contributed by atoms with Gasteiger partial charge in [-0.05, 0) is 25.0 Å². The predicted molar refractivity (Wildman–Crippen MR) is 119 cm³/mol. The van der Waals surface area contributed by atoms with Crippen molar-refractivity contribution in [3.05, 3.63) is 29.3 Å². The summed E-state index contributed by atoms with van der Waals surface area (Å²) in [6, 6.07) is 6.76. The van der Waals surface area contributed by atoms with Gasteiger partial charge >= 0.3 is 0 Å². The maximum absolute atomic E-state index is 13.3. The molecular weight excluding hydrogens is 418 g/mol. The number of β-amino-alcohol motifs (C(OH)–C–C–N with tert-alkyl or cyclic N) is 1. The predicted octanol–water partition coefficient (Wildman–Crippen LogP) is 1.09. The largest absolute Gasteiger partial charge is 0.391 e. The van der Waals surface area contributed by atoms with Gasteiger partial charge in [0.15, 0.2) is 22.5 Å². The van der Waals surface area contributed by atoms with Crippen LogP contribution in [0.2, 0.25) is 0 Å². The molecule has 5 N–H and O–H groups in total. The Morgan fingerprint density at radius 3 is 2.74 bits per heavy atom. The number of aliphatic imine (C=N–C) groups is 1. The van der Waals surface area contributed by atoms with Gasteiger partial charge in [-0.1, -0.05) is 12.1 Å². The summed E-state index contributed by atoms with van der Waals surface area (Å²) in [6.07, 6.45) is 0.354. The van der Waals surface area contributed by atoms with Crippen LogP contribution in [0.15, 0.2) is 29.3 Å². The third kappa shape index (κ3) is 5.65. The van der Waals surface area contributed by atoms with E-state index in [0.29, 0.717) is 24.4 Å². The fourth-order valence-electron chi connectivity index (χ4n) is 3.87. The normalized spacial score (nSPS) is 19.4. The van der Waals surface area contributed by atoms with E-state index in [9.17, 15) is 19.5 Å². The molecule has 0 saturated carbocycles. The lowest BCUT2D eigenvalue weighted by Gasteiger charge is -2.23. The number of rotatable bonds is 9. The van der Waals surface area contributed by atoms with Crippen molar-refractivity contribution in [2.24, 2.45) is 22.4 Å². The highest BCUT2D eigenvalue weighted by molar-refractivity contribution is 7.20. The van der Waals surface area contributed by atoms with Crippen molar-refractivity contribution in [2.75, 3.05) is 13.1 Å². The van der Waals surface area contributed by atoms with Crippen molar-refractivity contribution >= 4 is 45.0 Å². The Kier molecular flexibility index (Phi) is 7.34. The zero-order valence-electron chi connectivity index (χ0n) is 17.4. The van der Waals surface area contributed by atoms with Crippen molar-refractivity contribution in [3.8, 4) is 0 Å². The number of para-hydroxylation sites is 1. The topological polar surface area (TPSA) is 152 Å². The minimum atomic E-state index is -0.738. The maximum atomic E-state index is 13.3. The van der Waals surface area contributed by atoms with E-state index < -0.39 is 18.1 Å². The van der Waals surface area contributed by atoms with Crippen LogP contribution in [-0.4, -0.2) is 63.7 Å². The lowest BCUT2D eigenvalue weighted by molar-refractivity contribution is -0.136. The maximum Gasteiger partial charge on any atom is 0.220 e. The fraction of sp³-hybridized carbons (Fsp3) is 0.476. The van der Waals surface area contributed by atoms with Gasteiger partial charge in [-0.2, -0.15) is 0 Å². The number of thiazole rings is 1. The number of guanidine groups is 1. The summed E-state index contributed by atoms with van der Waals surface area (Å²) < 4.78 is 0.901. The number of aromatic nitrogens is 1. The van der Waals surface area contributed by atoms with Gasteiger partial charge in [0.25, 0.3) is 0 Å². The molecule has 2 heterocycles. The number of ketones is 2. The molecule has 1 fully saturated rings. The number of aliphatic hydroxyl groups is 1. The van der Waals surface area contributed by atoms with Gasteiger partial charge in [0.2, 0.25) is 5.91 Å². The number of carbonyl (C=O) groups excluding carboxylic acids is 3. The highest BCUT2D eigenvalue weighted by atomic mass is 32.1. The van der Waals surface area contributed by atoms with Gasteiger partial charge in [-0.15, -0.1) is 11.3 Å². The average Bonchev–Trinajstić information content (AvgIpc) is 3.33. The van der Waals surface area contributed by atoms with E-state index in [1.807, 2.05) is 24.3 Å². The van der Waals surface area contributed by atoms with Crippen LogP contribution in [0.25, 0.3) is 10.2 Å².